The van der Waals surface area contributed by atoms with Crippen LogP contribution >= 0.6 is 31.9 Å². The Hall–Kier alpha value is -1.12. The molecule has 0 bridgehead atoms. The first-order chi connectivity index (χ1) is 8.36. The molecule has 0 aromatic heterocycles. The Labute approximate surface area is 121 Å². The number of methoxy groups -OCH3 is 1. The van der Waals surface area contributed by atoms with Crippen LogP contribution in [0.15, 0.2) is 21.1 Å². The third-order valence-electron chi connectivity index (χ3n) is 2.03. The highest BCUT2D eigenvalue weighted by Gasteiger charge is 2.15. The smallest absolute Gasteiger partial charge is 0.271 e. The predicted octanol–water partition coefficient (Wildman–Crippen LogP) is 1.59. The third-order valence-corrected chi connectivity index (χ3v) is 3.20. The van der Waals surface area contributed by atoms with Crippen molar-refractivity contribution in [3.63, 3.8) is 0 Å². The van der Waals surface area contributed by atoms with Crippen LogP contribution in [0.4, 0.5) is 0 Å². The second-order valence-electron chi connectivity index (χ2n) is 3.30. The van der Waals surface area contributed by atoms with E-state index in [-0.39, 0.29) is 0 Å². The summed E-state index contributed by atoms with van der Waals surface area (Å²) in [6, 6.07) is 3.12. The van der Waals surface area contributed by atoms with E-state index in [1.807, 2.05) is 0 Å². The minimum Gasteiger partial charge on any atom is -0.494 e. The zero-order valence-corrected chi connectivity index (χ0v) is 12.8. The molecule has 8 heteroatoms. The zero-order chi connectivity index (χ0) is 13.9. The van der Waals surface area contributed by atoms with Gasteiger partial charge in [0.2, 0.25) is 0 Å². The first-order valence-electron chi connectivity index (χ1n) is 4.76. The average Bonchev–Trinajstić information content (AvgIpc) is 2.28. The van der Waals surface area contributed by atoms with Crippen molar-refractivity contribution in [1.29, 1.82) is 0 Å². The monoisotopic (exact) mass is 379 g/mol. The van der Waals surface area contributed by atoms with Gasteiger partial charge in [0.05, 0.1) is 16.1 Å². The second-order valence-corrected chi connectivity index (χ2v) is 5.01. The molecule has 18 heavy (non-hydrogen) atoms. The van der Waals surface area contributed by atoms with Crippen molar-refractivity contribution in [2.45, 2.75) is 6.92 Å². The van der Waals surface area contributed by atoms with Gasteiger partial charge in [0.1, 0.15) is 5.75 Å². The molecule has 2 amide bonds. The molecule has 1 aromatic carbocycles. The van der Waals surface area contributed by atoms with Crippen molar-refractivity contribution in [3.05, 3.63) is 26.6 Å². The minimum absolute atomic E-state index is 0.325. The maximum absolute atomic E-state index is 11.8. The van der Waals surface area contributed by atoms with E-state index < -0.39 is 11.8 Å². The van der Waals surface area contributed by atoms with Crippen molar-refractivity contribution in [2.75, 3.05) is 7.11 Å². The standard InChI is InChI=1S/C10H11Br2N3O3/c1-5(16)15(13)14-10(17)6-3-7(11)9(18-2)8(12)4-6/h3-4H,13H2,1-2H3,(H,14,17). The number of amides is 2. The lowest BCUT2D eigenvalue weighted by atomic mass is 10.2. The predicted molar refractivity (Wildman–Crippen MR) is 72.6 cm³/mol. The molecule has 0 aliphatic rings. The molecule has 0 fully saturated rings. The summed E-state index contributed by atoms with van der Waals surface area (Å²) in [5, 5.41) is 0.619. The molecule has 0 radical (unpaired) electrons. The highest BCUT2D eigenvalue weighted by Crippen LogP contribution is 2.34. The Morgan fingerprint density at radius 2 is 1.83 bits per heavy atom. The van der Waals surface area contributed by atoms with E-state index in [9.17, 15) is 9.59 Å². The Morgan fingerprint density at radius 3 is 2.22 bits per heavy atom. The first kappa shape index (κ1) is 14.9. The van der Waals surface area contributed by atoms with Crippen LogP contribution in [0, 0.1) is 0 Å². The van der Waals surface area contributed by atoms with Crippen molar-refractivity contribution >= 4 is 43.7 Å². The van der Waals surface area contributed by atoms with E-state index in [4.69, 9.17) is 10.6 Å². The average molecular weight is 381 g/mol. The van der Waals surface area contributed by atoms with Gasteiger partial charge in [0, 0.05) is 12.5 Å². The van der Waals surface area contributed by atoms with Gasteiger partial charge < -0.3 is 4.74 Å². The summed E-state index contributed by atoms with van der Waals surface area (Å²) < 4.78 is 6.33. The van der Waals surface area contributed by atoms with Crippen LogP contribution in [-0.4, -0.2) is 24.0 Å². The van der Waals surface area contributed by atoms with Crippen LogP contribution in [0.1, 0.15) is 17.3 Å². The number of ether oxygens (including phenoxy) is 1. The van der Waals surface area contributed by atoms with Gasteiger partial charge >= 0.3 is 0 Å². The number of nitrogens with zero attached hydrogens (tertiary/aromatic N) is 1. The number of benzene rings is 1. The van der Waals surface area contributed by atoms with Gasteiger partial charge in [-0.1, -0.05) is 0 Å². The van der Waals surface area contributed by atoms with E-state index in [0.29, 0.717) is 25.4 Å². The summed E-state index contributed by atoms with van der Waals surface area (Å²) in [6.45, 7) is 1.24. The quantitative estimate of drug-likeness (QED) is 0.463. The molecule has 0 unspecified atom stereocenters. The van der Waals surface area contributed by atoms with Crippen LogP contribution in [0.25, 0.3) is 0 Å². The van der Waals surface area contributed by atoms with E-state index in [0.717, 1.165) is 0 Å². The number of nitrogens with two attached hydrogens (primary N) is 1. The topological polar surface area (TPSA) is 84.7 Å². The van der Waals surface area contributed by atoms with Gasteiger partial charge in [0.15, 0.2) is 0 Å². The number of carbonyl (C=O) groups is 2. The maximum Gasteiger partial charge on any atom is 0.271 e. The molecule has 6 nitrogen and oxygen atoms in total. The Morgan fingerprint density at radius 1 is 1.33 bits per heavy atom. The molecule has 1 aromatic rings. The summed E-state index contributed by atoms with van der Waals surface area (Å²) in [7, 11) is 1.52. The van der Waals surface area contributed by atoms with Crippen LogP contribution in [0.3, 0.4) is 0 Å². The molecule has 1 rings (SSSR count). The van der Waals surface area contributed by atoms with Gasteiger partial charge in [-0.15, -0.1) is 0 Å². The molecule has 3 N–H and O–H groups in total. The highest BCUT2D eigenvalue weighted by molar-refractivity contribution is 9.11. The molecule has 0 heterocycles. The highest BCUT2D eigenvalue weighted by atomic mass is 79.9. The van der Waals surface area contributed by atoms with E-state index in [1.165, 1.54) is 14.0 Å². The third kappa shape index (κ3) is 3.44. The Bertz CT molecular complexity index is 470. The van der Waals surface area contributed by atoms with Crippen LogP contribution in [0.5, 0.6) is 5.75 Å². The van der Waals surface area contributed by atoms with Crippen molar-refractivity contribution in [3.8, 4) is 5.75 Å². The minimum atomic E-state index is -0.503. The molecule has 98 valence electrons. The van der Waals surface area contributed by atoms with Crippen LogP contribution in [-0.2, 0) is 4.79 Å². The molecular formula is C10H11Br2N3O3. The van der Waals surface area contributed by atoms with Crippen molar-refractivity contribution < 1.29 is 14.3 Å². The lowest BCUT2D eigenvalue weighted by Crippen LogP contribution is -2.49. The molecular weight excluding hydrogens is 370 g/mol. The van der Waals surface area contributed by atoms with Crippen LogP contribution < -0.4 is 16.0 Å². The van der Waals surface area contributed by atoms with E-state index in [1.54, 1.807) is 12.1 Å². The lowest BCUT2D eigenvalue weighted by molar-refractivity contribution is -0.131. The molecule has 0 spiro atoms. The molecule has 0 aliphatic heterocycles. The fraction of sp³-hybridized carbons (Fsp3) is 0.200. The molecule has 0 saturated heterocycles. The molecule has 0 aliphatic carbocycles. The lowest BCUT2D eigenvalue weighted by Gasteiger charge is -2.16. The maximum atomic E-state index is 11.8. The second kappa shape index (κ2) is 6.17. The Kier molecular flexibility index (Phi) is 5.12. The van der Waals surface area contributed by atoms with Gasteiger partial charge in [-0.25, -0.2) is 11.3 Å². The normalized spacial score (nSPS) is 9.83. The number of halogens is 2. The van der Waals surface area contributed by atoms with Crippen molar-refractivity contribution in [1.82, 2.24) is 10.5 Å². The van der Waals surface area contributed by atoms with Gasteiger partial charge in [0.25, 0.3) is 11.8 Å². The first-order valence-corrected chi connectivity index (χ1v) is 6.34. The van der Waals surface area contributed by atoms with Gasteiger partial charge in [-0.05, 0) is 44.0 Å². The summed E-state index contributed by atoms with van der Waals surface area (Å²) in [5.41, 5.74) is 2.55. The number of rotatable bonds is 2. The van der Waals surface area contributed by atoms with Gasteiger partial charge in [-0.2, -0.15) is 5.12 Å². The summed E-state index contributed by atoms with van der Waals surface area (Å²) >= 11 is 6.55. The fourth-order valence-electron chi connectivity index (χ4n) is 1.14. The zero-order valence-electron chi connectivity index (χ0n) is 9.66. The number of hydrazine groups is 2. The van der Waals surface area contributed by atoms with Crippen LogP contribution in [0.2, 0.25) is 0 Å². The summed E-state index contributed by atoms with van der Waals surface area (Å²) in [6.07, 6.45) is 0. The number of hydrogen-bond donors (Lipinski definition) is 2. The molecule has 0 atom stereocenters. The molecule has 0 saturated carbocycles. The van der Waals surface area contributed by atoms with E-state index >= 15 is 0 Å². The summed E-state index contributed by atoms with van der Waals surface area (Å²) in [4.78, 5) is 22.7. The van der Waals surface area contributed by atoms with Crippen molar-refractivity contribution in [2.24, 2.45) is 5.84 Å². The number of nitrogens with one attached hydrogen (secondary N) is 1. The Balaban J connectivity index is 2.97. The van der Waals surface area contributed by atoms with E-state index in [2.05, 4.69) is 37.3 Å². The number of carbonyl (C=O) groups excluding carboxylic acids is 2. The largest absolute Gasteiger partial charge is 0.494 e. The fourth-order valence-corrected chi connectivity index (χ4v) is 2.65. The summed E-state index contributed by atoms with van der Waals surface area (Å²) in [5.74, 6) is 4.88. The van der Waals surface area contributed by atoms with Gasteiger partial charge in [-0.3, -0.25) is 9.59 Å². The SMILES string of the molecule is COc1c(Br)cc(C(=O)NN(N)C(C)=O)cc1Br. The number of hydrogen-bond acceptors (Lipinski definition) is 4.